The van der Waals surface area contributed by atoms with Gasteiger partial charge in [0.05, 0.1) is 5.92 Å². The van der Waals surface area contributed by atoms with Gasteiger partial charge in [-0.05, 0) is 35.6 Å². The molecule has 2 atom stereocenters. The molecular weight excluding hydrogens is 376 g/mol. The van der Waals surface area contributed by atoms with Gasteiger partial charge in [-0.15, -0.1) is 11.3 Å². The summed E-state index contributed by atoms with van der Waals surface area (Å²) in [6.07, 6.45) is 0. The Hall–Kier alpha value is -2.39. The van der Waals surface area contributed by atoms with Gasteiger partial charge < -0.3 is 10.0 Å². The quantitative estimate of drug-likeness (QED) is 0.810. The van der Waals surface area contributed by atoms with Crippen LogP contribution in [0, 0.1) is 11.8 Å². The zero-order chi connectivity index (χ0) is 18.9. The summed E-state index contributed by atoms with van der Waals surface area (Å²) >= 11 is 1.10. The summed E-state index contributed by atoms with van der Waals surface area (Å²) in [5, 5.41) is 10.9. The number of likely N-dealkylation sites (tertiary alicyclic amines) is 1. The van der Waals surface area contributed by atoms with Gasteiger partial charge in [0.15, 0.2) is 0 Å². The fraction of sp³-hybridized carbons (Fsp3) is 0.294. The van der Waals surface area contributed by atoms with Crippen LogP contribution in [0.25, 0.3) is 0 Å². The van der Waals surface area contributed by atoms with E-state index in [1.807, 2.05) is 0 Å². The lowest BCUT2D eigenvalue weighted by molar-refractivity contribution is -0.142. The van der Waals surface area contributed by atoms with Crippen LogP contribution in [-0.2, 0) is 14.8 Å². The number of nitrogens with one attached hydrogen (secondary N) is 1. The number of aliphatic carboxylic acids is 1. The number of benzene rings is 1. The molecule has 0 spiro atoms. The molecule has 0 bridgehead atoms. The molecule has 0 saturated carbocycles. The third kappa shape index (κ3) is 3.73. The second-order valence-corrected chi connectivity index (χ2v) is 9.11. The normalized spacial score (nSPS) is 20.1. The van der Waals surface area contributed by atoms with Crippen LogP contribution in [0.15, 0.2) is 46.0 Å². The molecule has 3 rings (SSSR count). The second-order valence-electron chi connectivity index (χ2n) is 6.25. The number of hydrogen-bond acceptors (Lipinski definition) is 5. The number of rotatable bonds is 5. The Bertz CT molecular complexity index is 924. The van der Waals surface area contributed by atoms with Gasteiger partial charge in [-0.3, -0.25) is 14.3 Å². The highest BCUT2D eigenvalue weighted by Gasteiger charge is 2.37. The molecule has 1 aromatic heterocycles. The molecule has 2 N–H and O–H groups in total. The molecule has 0 radical (unpaired) electrons. The number of carbonyl (C=O) groups excluding carboxylic acids is 1. The van der Waals surface area contributed by atoms with Crippen molar-refractivity contribution < 1.29 is 23.1 Å². The van der Waals surface area contributed by atoms with E-state index in [2.05, 4.69) is 4.72 Å². The predicted molar refractivity (Wildman–Crippen MR) is 97.8 cm³/mol. The summed E-state index contributed by atoms with van der Waals surface area (Å²) in [7, 11) is -3.69. The standard InChI is InChI=1S/C17H18N2O5S2/c1-11-9-19(10-14(11)17(21)22)16(20)12-4-2-5-13(8-12)18-26(23,24)15-6-3-7-25-15/h2-8,11,14,18H,9-10H2,1H3,(H,21,22)/t11-,14-/m1/s1. The van der Waals surface area contributed by atoms with Crippen LogP contribution in [0.5, 0.6) is 0 Å². The third-order valence-corrected chi connectivity index (χ3v) is 7.12. The number of thiophene rings is 1. The third-order valence-electron chi connectivity index (χ3n) is 4.34. The van der Waals surface area contributed by atoms with Crippen molar-refractivity contribution in [1.29, 1.82) is 0 Å². The van der Waals surface area contributed by atoms with Crippen molar-refractivity contribution in [1.82, 2.24) is 4.90 Å². The molecule has 0 unspecified atom stereocenters. The van der Waals surface area contributed by atoms with E-state index in [-0.39, 0.29) is 28.3 Å². The van der Waals surface area contributed by atoms with Gasteiger partial charge in [0.1, 0.15) is 4.21 Å². The number of carbonyl (C=O) groups is 2. The van der Waals surface area contributed by atoms with E-state index < -0.39 is 21.9 Å². The number of amides is 1. The van der Waals surface area contributed by atoms with Crippen molar-refractivity contribution in [3.63, 3.8) is 0 Å². The van der Waals surface area contributed by atoms with Crippen molar-refractivity contribution in [2.24, 2.45) is 11.8 Å². The molecule has 1 amide bonds. The largest absolute Gasteiger partial charge is 0.481 e. The zero-order valence-electron chi connectivity index (χ0n) is 14.0. The lowest BCUT2D eigenvalue weighted by atomic mass is 9.99. The molecule has 2 aromatic rings. The van der Waals surface area contributed by atoms with E-state index in [4.69, 9.17) is 0 Å². The molecule has 9 heteroatoms. The zero-order valence-corrected chi connectivity index (χ0v) is 15.6. The first-order valence-corrected chi connectivity index (χ1v) is 10.3. The van der Waals surface area contributed by atoms with Crippen molar-refractivity contribution in [2.45, 2.75) is 11.1 Å². The molecule has 1 aliphatic heterocycles. The molecule has 138 valence electrons. The first-order valence-electron chi connectivity index (χ1n) is 7.96. The smallest absolute Gasteiger partial charge is 0.308 e. The van der Waals surface area contributed by atoms with E-state index in [0.717, 1.165) is 11.3 Å². The minimum Gasteiger partial charge on any atom is -0.481 e. The number of anilines is 1. The van der Waals surface area contributed by atoms with Crippen LogP contribution in [0.2, 0.25) is 0 Å². The van der Waals surface area contributed by atoms with E-state index in [0.29, 0.717) is 12.1 Å². The second kappa shape index (κ2) is 7.08. The molecule has 1 saturated heterocycles. The molecule has 1 fully saturated rings. The van der Waals surface area contributed by atoms with Crippen LogP contribution in [0.3, 0.4) is 0 Å². The molecule has 26 heavy (non-hydrogen) atoms. The SMILES string of the molecule is C[C@@H]1CN(C(=O)c2cccc(NS(=O)(=O)c3cccs3)c2)C[C@H]1C(=O)O. The van der Waals surface area contributed by atoms with Gasteiger partial charge in [0.25, 0.3) is 15.9 Å². The Morgan fingerprint density at radius 3 is 2.62 bits per heavy atom. The maximum absolute atomic E-state index is 12.7. The number of sulfonamides is 1. The van der Waals surface area contributed by atoms with Gasteiger partial charge in [0.2, 0.25) is 0 Å². The average molecular weight is 394 g/mol. The summed E-state index contributed by atoms with van der Waals surface area (Å²) in [6, 6.07) is 9.35. The predicted octanol–water partition coefficient (Wildman–Crippen LogP) is 2.34. The number of carboxylic acids is 1. The molecule has 0 aliphatic carbocycles. The Morgan fingerprint density at radius 1 is 1.23 bits per heavy atom. The fourth-order valence-electron chi connectivity index (χ4n) is 2.97. The Balaban J connectivity index is 1.77. The van der Waals surface area contributed by atoms with Gasteiger partial charge in [0, 0.05) is 24.3 Å². The van der Waals surface area contributed by atoms with Crippen molar-refractivity contribution in [2.75, 3.05) is 17.8 Å². The highest BCUT2D eigenvalue weighted by Crippen LogP contribution is 2.26. The van der Waals surface area contributed by atoms with Crippen molar-refractivity contribution in [3.05, 3.63) is 47.3 Å². The maximum Gasteiger partial charge on any atom is 0.308 e. The summed E-state index contributed by atoms with van der Waals surface area (Å²) in [5.41, 5.74) is 0.598. The van der Waals surface area contributed by atoms with E-state index >= 15 is 0 Å². The van der Waals surface area contributed by atoms with Gasteiger partial charge in [-0.2, -0.15) is 0 Å². The first-order chi connectivity index (χ1) is 12.3. The van der Waals surface area contributed by atoms with E-state index in [9.17, 15) is 23.1 Å². The maximum atomic E-state index is 12.7. The lowest BCUT2D eigenvalue weighted by Gasteiger charge is -2.16. The lowest BCUT2D eigenvalue weighted by Crippen LogP contribution is -2.30. The highest BCUT2D eigenvalue weighted by atomic mass is 32.2. The number of hydrogen-bond donors (Lipinski definition) is 2. The summed E-state index contributed by atoms with van der Waals surface area (Å²) < 4.78 is 27.2. The Labute approximate surface area is 155 Å². The summed E-state index contributed by atoms with van der Waals surface area (Å²) in [6.45, 7) is 2.32. The summed E-state index contributed by atoms with van der Waals surface area (Å²) in [5.74, 6) is -1.93. The van der Waals surface area contributed by atoms with Crippen LogP contribution in [0.1, 0.15) is 17.3 Å². The minimum absolute atomic E-state index is 0.128. The van der Waals surface area contributed by atoms with Gasteiger partial charge in [-0.25, -0.2) is 8.42 Å². The molecule has 1 aliphatic rings. The monoisotopic (exact) mass is 394 g/mol. The molecule has 2 heterocycles. The van der Waals surface area contributed by atoms with Gasteiger partial charge >= 0.3 is 5.97 Å². The van der Waals surface area contributed by atoms with Crippen molar-refractivity contribution in [3.8, 4) is 0 Å². The topological polar surface area (TPSA) is 104 Å². The van der Waals surface area contributed by atoms with Crippen LogP contribution in [-0.4, -0.2) is 43.4 Å². The minimum atomic E-state index is -3.69. The number of nitrogens with zero attached hydrogens (tertiary/aromatic N) is 1. The van der Waals surface area contributed by atoms with Crippen LogP contribution < -0.4 is 4.72 Å². The average Bonchev–Trinajstić information content (AvgIpc) is 3.24. The molecule has 7 nitrogen and oxygen atoms in total. The highest BCUT2D eigenvalue weighted by molar-refractivity contribution is 7.94. The van der Waals surface area contributed by atoms with Gasteiger partial charge in [-0.1, -0.05) is 19.1 Å². The number of carboxylic acid groups (broad SMARTS) is 1. The first kappa shape index (κ1) is 18.4. The fourth-order valence-corrected chi connectivity index (χ4v) is 5.02. The summed E-state index contributed by atoms with van der Waals surface area (Å²) in [4.78, 5) is 25.4. The van der Waals surface area contributed by atoms with Crippen LogP contribution in [0.4, 0.5) is 5.69 Å². The Kier molecular flexibility index (Phi) is 5.01. The Morgan fingerprint density at radius 2 is 2.00 bits per heavy atom. The van der Waals surface area contributed by atoms with E-state index in [1.54, 1.807) is 36.6 Å². The molecule has 1 aromatic carbocycles. The van der Waals surface area contributed by atoms with Crippen LogP contribution >= 0.6 is 11.3 Å². The van der Waals surface area contributed by atoms with Crippen molar-refractivity contribution >= 4 is 38.9 Å². The molecular formula is C17H18N2O5S2. The van der Waals surface area contributed by atoms with E-state index in [1.165, 1.54) is 17.0 Å².